The maximum Gasteiger partial charge on any atom is 0.185 e. The molecule has 138 valence electrons. The number of Topliss-reactive ketones (excluding diaryl/α,β-unsaturated/α-hetero) is 1. The molecule has 27 heavy (non-hydrogen) atoms. The van der Waals surface area contributed by atoms with Gasteiger partial charge in [-0.25, -0.2) is 0 Å². The molecular weight excluding hydrogens is 408 g/mol. The van der Waals surface area contributed by atoms with Gasteiger partial charge in [0.1, 0.15) is 0 Å². The molecule has 4 nitrogen and oxygen atoms in total. The number of methoxy groups -OCH3 is 1. The lowest BCUT2D eigenvalue weighted by Gasteiger charge is -2.05. The quantitative estimate of drug-likeness (QED) is 0.699. The summed E-state index contributed by atoms with van der Waals surface area (Å²) in [7, 11) is 1.51. The van der Waals surface area contributed by atoms with Crippen molar-refractivity contribution in [3.05, 3.63) is 68.2 Å². The Balaban J connectivity index is 1.61. The van der Waals surface area contributed by atoms with Crippen molar-refractivity contribution in [2.24, 2.45) is 0 Å². The molecule has 0 unspecified atom stereocenters. The summed E-state index contributed by atoms with van der Waals surface area (Å²) in [5.41, 5.74) is 5.81. The van der Waals surface area contributed by atoms with Gasteiger partial charge in [0.2, 0.25) is 0 Å². The summed E-state index contributed by atoms with van der Waals surface area (Å²) in [5, 5.41) is 9.71. The molecule has 0 spiro atoms. The van der Waals surface area contributed by atoms with Crippen LogP contribution in [0.5, 0.6) is 11.5 Å². The molecule has 1 aliphatic heterocycles. The van der Waals surface area contributed by atoms with Crippen molar-refractivity contribution in [1.29, 1.82) is 0 Å². The Hall–Kier alpha value is -2.37. The van der Waals surface area contributed by atoms with Gasteiger partial charge in [0.25, 0.3) is 0 Å². The molecule has 5 heteroatoms. The van der Waals surface area contributed by atoms with Crippen LogP contribution in [0.3, 0.4) is 0 Å². The second-order valence-electron chi connectivity index (χ2n) is 6.73. The summed E-state index contributed by atoms with van der Waals surface area (Å²) in [6.07, 6.45) is 5.28. The largest absolute Gasteiger partial charge is 0.504 e. The first-order valence-electron chi connectivity index (χ1n) is 8.77. The first-order chi connectivity index (χ1) is 13.0. The summed E-state index contributed by atoms with van der Waals surface area (Å²) in [6, 6.07) is 9.25. The number of phenolic OH excluding ortho intramolecular Hbond substituents is 1. The van der Waals surface area contributed by atoms with Crippen LogP contribution in [0.4, 0.5) is 0 Å². The number of fused-ring (bicyclic) bond motifs is 1. The van der Waals surface area contributed by atoms with Crippen LogP contribution < -0.4 is 4.74 Å². The number of ether oxygens (including phenoxy) is 2. The van der Waals surface area contributed by atoms with Crippen LogP contribution in [-0.2, 0) is 22.7 Å². The number of carbonyl (C=O) groups is 1. The predicted octanol–water partition coefficient (Wildman–Crippen LogP) is 5.02. The number of rotatable bonds is 3. The SMILES string of the molecule is COc1cc(/C=C2\CC/C(=C\c3cc4c(cc3Br)COC4)C2=O)ccc1O. The fourth-order valence-corrected chi connectivity index (χ4v) is 3.98. The van der Waals surface area contributed by atoms with Crippen molar-refractivity contribution < 1.29 is 19.4 Å². The Morgan fingerprint density at radius 2 is 1.78 bits per heavy atom. The van der Waals surface area contributed by atoms with Crippen LogP contribution in [0, 0.1) is 0 Å². The van der Waals surface area contributed by atoms with Crippen molar-refractivity contribution in [3.8, 4) is 11.5 Å². The molecule has 1 saturated carbocycles. The van der Waals surface area contributed by atoms with Gasteiger partial charge in [-0.05, 0) is 71.5 Å². The Morgan fingerprint density at radius 1 is 1.07 bits per heavy atom. The lowest BCUT2D eigenvalue weighted by atomic mass is 10.0. The average molecular weight is 427 g/mol. The summed E-state index contributed by atoms with van der Waals surface area (Å²) in [5.74, 6) is 0.559. The number of phenols is 1. The molecule has 0 bridgehead atoms. The van der Waals surface area contributed by atoms with Crippen LogP contribution in [0.25, 0.3) is 12.2 Å². The van der Waals surface area contributed by atoms with Gasteiger partial charge < -0.3 is 14.6 Å². The van der Waals surface area contributed by atoms with E-state index in [0.29, 0.717) is 25.4 Å². The van der Waals surface area contributed by atoms with Crippen molar-refractivity contribution in [3.63, 3.8) is 0 Å². The van der Waals surface area contributed by atoms with Gasteiger partial charge in [0, 0.05) is 15.6 Å². The molecule has 1 N–H and O–H groups in total. The summed E-state index contributed by atoms with van der Waals surface area (Å²) >= 11 is 3.61. The Labute approximate surface area is 166 Å². The molecule has 2 aromatic carbocycles. The van der Waals surface area contributed by atoms with Crippen LogP contribution in [0.15, 0.2) is 46.0 Å². The normalized spacial score (nSPS) is 19.1. The molecule has 1 fully saturated rings. The third kappa shape index (κ3) is 3.57. The number of carbonyl (C=O) groups excluding carboxylic acids is 1. The zero-order valence-electron chi connectivity index (χ0n) is 14.9. The van der Waals surface area contributed by atoms with E-state index in [4.69, 9.17) is 9.47 Å². The van der Waals surface area contributed by atoms with E-state index in [-0.39, 0.29) is 11.5 Å². The van der Waals surface area contributed by atoms with E-state index in [1.54, 1.807) is 18.2 Å². The molecule has 2 aromatic rings. The third-order valence-corrected chi connectivity index (χ3v) is 5.64. The number of ketones is 1. The van der Waals surface area contributed by atoms with Crippen LogP contribution in [0.2, 0.25) is 0 Å². The minimum absolute atomic E-state index is 0.0747. The Morgan fingerprint density at radius 3 is 2.52 bits per heavy atom. The fraction of sp³-hybridized carbons (Fsp3) is 0.227. The van der Waals surface area contributed by atoms with E-state index in [1.807, 2.05) is 12.2 Å². The number of hydrogen-bond donors (Lipinski definition) is 1. The van der Waals surface area contributed by atoms with Gasteiger partial charge in [-0.1, -0.05) is 22.0 Å². The van der Waals surface area contributed by atoms with Crippen LogP contribution >= 0.6 is 15.9 Å². The highest BCUT2D eigenvalue weighted by molar-refractivity contribution is 9.10. The second-order valence-corrected chi connectivity index (χ2v) is 7.59. The molecule has 0 radical (unpaired) electrons. The van der Waals surface area contributed by atoms with Crippen molar-refractivity contribution in [1.82, 2.24) is 0 Å². The molecule has 0 aromatic heterocycles. The minimum atomic E-state index is 0.0747. The van der Waals surface area contributed by atoms with E-state index in [9.17, 15) is 9.90 Å². The fourth-order valence-electron chi connectivity index (χ4n) is 3.48. The van der Waals surface area contributed by atoms with Crippen molar-refractivity contribution in [2.75, 3.05) is 7.11 Å². The molecule has 4 rings (SSSR count). The van der Waals surface area contributed by atoms with Crippen LogP contribution in [-0.4, -0.2) is 18.0 Å². The Kier molecular flexibility index (Phi) is 4.89. The highest BCUT2D eigenvalue weighted by atomic mass is 79.9. The second kappa shape index (κ2) is 7.33. The lowest BCUT2D eigenvalue weighted by molar-refractivity contribution is -0.111. The number of halogens is 1. The van der Waals surface area contributed by atoms with Gasteiger partial charge >= 0.3 is 0 Å². The molecule has 0 amide bonds. The summed E-state index contributed by atoms with van der Waals surface area (Å²) < 4.78 is 11.6. The molecule has 1 heterocycles. The van der Waals surface area contributed by atoms with Crippen molar-refractivity contribution in [2.45, 2.75) is 26.1 Å². The highest BCUT2D eigenvalue weighted by Gasteiger charge is 2.24. The lowest BCUT2D eigenvalue weighted by Crippen LogP contribution is -1.96. The molecule has 0 atom stereocenters. The smallest absolute Gasteiger partial charge is 0.185 e. The van der Waals surface area contributed by atoms with E-state index >= 15 is 0 Å². The number of hydrogen-bond acceptors (Lipinski definition) is 4. The summed E-state index contributed by atoms with van der Waals surface area (Å²) in [4.78, 5) is 12.8. The molecule has 0 saturated heterocycles. The standard InChI is InChI=1S/C22H19BrO4/c1-26-21-7-13(2-5-20(21)24)6-14-3-4-15(22(14)25)8-16-9-17-11-27-12-18(17)10-19(16)23/h2,5-10,24H,3-4,11-12H2,1H3/b14-6+,15-8+. The number of aromatic hydroxyl groups is 1. The highest BCUT2D eigenvalue weighted by Crippen LogP contribution is 2.34. The summed E-state index contributed by atoms with van der Waals surface area (Å²) in [6.45, 7) is 1.27. The minimum Gasteiger partial charge on any atom is -0.504 e. The molecule has 1 aliphatic carbocycles. The first-order valence-corrected chi connectivity index (χ1v) is 9.56. The van der Waals surface area contributed by atoms with E-state index in [0.717, 1.165) is 33.2 Å². The zero-order valence-corrected chi connectivity index (χ0v) is 16.5. The monoisotopic (exact) mass is 426 g/mol. The van der Waals surface area contributed by atoms with E-state index in [2.05, 4.69) is 28.1 Å². The van der Waals surface area contributed by atoms with Crippen LogP contribution in [0.1, 0.15) is 35.1 Å². The topological polar surface area (TPSA) is 55.8 Å². The first kappa shape index (κ1) is 18.0. The van der Waals surface area contributed by atoms with E-state index in [1.165, 1.54) is 18.2 Å². The van der Waals surface area contributed by atoms with Gasteiger partial charge in [-0.3, -0.25) is 4.79 Å². The van der Waals surface area contributed by atoms with Gasteiger partial charge in [-0.2, -0.15) is 0 Å². The Bertz CT molecular complexity index is 988. The molecule has 2 aliphatic rings. The van der Waals surface area contributed by atoms with Gasteiger partial charge in [0.05, 0.1) is 20.3 Å². The predicted molar refractivity (Wildman–Crippen MR) is 107 cm³/mol. The van der Waals surface area contributed by atoms with Gasteiger partial charge in [0.15, 0.2) is 17.3 Å². The maximum atomic E-state index is 12.8. The maximum absolute atomic E-state index is 12.8. The third-order valence-electron chi connectivity index (χ3n) is 4.96. The average Bonchev–Trinajstić information content (AvgIpc) is 3.24. The number of benzene rings is 2. The van der Waals surface area contributed by atoms with E-state index < -0.39 is 0 Å². The van der Waals surface area contributed by atoms with Crippen molar-refractivity contribution >= 4 is 33.9 Å². The zero-order chi connectivity index (χ0) is 19.0. The number of allylic oxidation sites excluding steroid dienone is 2. The van der Waals surface area contributed by atoms with Gasteiger partial charge in [-0.15, -0.1) is 0 Å². The molecular formula is C22H19BrO4.